The van der Waals surface area contributed by atoms with Crippen molar-refractivity contribution < 1.29 is 9.53 Å². The number of aromatic nitrogens is 1. The van der Waals surface area contributed by atoms with E-state index in [0.717, 1.165) is 34.9 Å². The lowest BCUT2D eigenvalue weighted by Crippen LogP contribution is -2.47. The number of pyridine rings is 1. The number of fused-ring (bicyclic) bond motifs is 1. The first-order valence-corrected chi connectivity index (χ1v) is 11.4. The molecule has 0 aliphatic carbocycles. The summed E-state index contributed by atoms with van der Waals surface area (Å²) >= 11 is 0. The summed E-state index contributed by atoms with van der Waals surface area (Å²) in [5.41, 5.74) is 11.4. The molecule has 1 aromatic heterocycles. The third kappa shape index (κ3) is 4.94. The molecule has 1 aliphatic rings. The maximum atomic E-state index is 12.9. The molecule has 1 amide bonds. The van der Waals surface area contributed by atoms with Gasteiger partial charge in [0.05, 0.1) is 11.1 Å². The van der Waals surface area contributed by atoms with Gasteiger partial charge in [-0.25, -0.2) is 4.98 Å². The summed E-state index contributed by atoms with van der Waals surface area (Å²) in [6, 6.07) is 16.8. The molecule has 2 aromatic carbocycles. The summed E-state index contributed by atoms with van der Waals surface area (Å²) in [5.74, 6) is 0.357. The largest absolute Gasteiger partial charge is 0.383 e. The minimum absolute atomic E-state index is 0.0563. The smallest absolute Gasteiger partial charge is 0.223 e. The summed E-state index contributed by atoms with van der Waals surface area (Å²) in [4.78, 5) is 17.5. The fourth-order valence-corrected chi connectivity index (χ4v) is 4.58. The number of anilines is 1. The molecular formula is C27H33N3O2. The molecule has 2 heterocycles. The van der Waals surface area contributed by atoms with Crippen molar-refractivity contribution in [3.63, 3.8) is 0 Å². The Morgan fingerprint density at radius 3 is 2.78 bits per heavy atom. The van der Waals surface area contributed by atoms with E-state index >= 15 is 0 Å². The fraction of sp³-hybridized carbons (Fsp3) is 0.407. The average molecular weight is 432 g/mol. The number of ether oxygens (including phenoxy) is 1. The standard InChI is InChI=1S/C27H33N3O2/c1-17-7-5-6-8-23(17)19-9-10-24-20(14-19)15-21(25(28)30-24)13-18(2)26(31)29-22-11-12-32-27(3,4)16-22/h5-10,14-15,18,22H,11-13,16H2,1-4H3,(H2,28,30)(H,29,31)/t18-,22?/m1/s1. The van der Waals surface area contributed by atoms with Crippen molar-refractivity contribution >= 4 is 22.6 Å². The van der Waals surface area contributed by atoms with Gasteiger partial charge in [0.25, 0.3) is 0 Å². The van der Waals surface area contributed by atoms with Gasteiger partial charge < -0.3 is 15.8 Å². The van der Waals surface area contributed by atoms with Crippen LogP contribution in [0.5, 0.6) is 0 Å². The zero-order valence-electron chi connectivity index (χ0n) is 19.4. The highest BCUT2D eigenvalue weighted by atomic mass is 16.5. The predicted octanol–water partition coefficient (Wildman–Crippen LogP) is 5.04. The SMILES string of the molecule is Cc1ccccc1-c1ccc2nc(N)c(C[C@@H](C)C(=O)NC3CCOC(C)(C)C3)cc2c1. The molecule has 5 heteroatoms. The van der Waals surface area contributed by atoms with Crippen molar-refractivity contribution in [3.05, 3.63) is 59.7 Å². The highest BCUT2D eigenvalue weighted by Crippen LogP contribution is 2.29. The van der Waals surface area contributed by atoms with E-state index in [1.165, 1.54) is 11.1 Å². The van der Waals surface area contributed by atoms with E-state index in [0.29, 0.717) is 18.8 Å². The van der Waals surface area contributed by atoms with Crippen LogP contribution in [0.15, 0.2) is 48.5 Å². The Morgan fingerprint density at radius 1 is 1.25 bits per heavy atom. The molecule has 2 atom stereocenters. The Labute approximate surface area is 190 Å². The van der Waals surface area contributed by atoms with Crippen molar-refractivity contribution in [2.24, 2.45) is 5.92 Å². The molecule has 32 heavy (non-hydrogen) atoms. The lowest BCUT2D eigenvalue weighted by molar-refractivity contribution is -0.127. The van der Waals surface area contributed by atoms with Gasteiger partial charge in [-0.05, 0) is 80.5 Å². The van der Waals surface area contributed by atoms with Gasteiger partial charge in [0.1, 0.15) is 5.82 Å². The summed E-state index contributed by atoms with van der Waals surface area (Å²) in [6.07, 6.45) is 2.23. The predicted molar refractivity (Wildman–Crippen MR) is 130 cm³/mol. The van der Waals surface area contributed by atoms with Gasteiger partial charge in [-0.1, -0.05) is 37.3 Å². The van der Waals surface area contributed by atoms with Gasteiger partial charge in [-0.3, -0.25) is 4.79 Å². The van der Waals surface area contributed by atoms with E-state index in [2.05, 4.69) is 67.5 Å². The summed E-state index contributed by atoms with van der Waals surface area (Å²) in [6.45, 7) is 8.89. The zero-order valence-corrected chi connectivity index (χ0v) is 19.4. The van der Waals surface area contributed by atoms with Gasteiger partial charge in [0.2, 0.25) is 5.91 Å². The molecule has 4 rings (SSSR count). The monoisotopic (exact) mass is 431 g/mol. The first kappa shape index (κ1) is 22.3. The molecule has 0 bridgehead atoms. The van der Waals surface area contributed by atoms with Crippen LogP contribution in [0.25, 0.3) is 22.0 Å². The molecule has 0 saturated carbocycles. The first-order chi connectivity index (χ1) is 15.2. The third-order valence-corrected chi connectivity index (χ3v) is 6.40. The van der Waals surface area contributed by atoms with Gasteiger partial charge in [0.15, 0.2) is 0 Å². The Kier molecular flexibility index (Phi) is 6.20. The number of benzene rings is 2. The molecule has 1 saturated heterocycles. The molecule has 1 aliphatic heterocycles. The van der Waals surface area contributed by atoms with Crippen LogP contribution in [0.2, 0.25) is 0 Å². The number of nitrogen functional groups attached to an aromatic ring is 1. The number of rotatable bonds is 5. The quantitative estimate of drug-likeness (QED) is 0.593. The second kappa shape index (κ2) is 8.91. The van der Waals surface area contributed by atoms with Crippen LogP contribution in [-0.4, -0.2) is 29.1 Å². The number of carbonyl (C=O) groups excluding carboxylic acids is 1. The van der Waals surface area contributed by atoms with Crippen LogP contribution in [0.1, 0.15) is 44.7 Å². The molecular weight excluding hydrogens is 398 g/mol. The van der Waals surface area contributed by atoms with Gasteiger partial charge in [-0.15, -0.1) is 0 Å². The lowest BCUT2D eigenvalue weighted by Gasteiger charge is -2.36. The lowest BCUT2D eigenvalue weighted by atomic mass is 9.92. The van der Waals surface area contributed by atoms with E-state index < -0.39 is 0 Å². The first-order valence-electron chi connectivity index (χ1n) is 11.4. The Bertz CT molecular complexity index is 1140. The van der Waals surface area contributed by atoms with Crippen molar-refractivity contribution in [1.29, 1.82) is 0 Å². The second-order valence-electron chi connectivity index (χ2n) is 9.67. The van der Waals surface area contributed by atoms with Crippen LogP contribution in [0.3, 0.4) is 0 Å². The molecule has 3 N–H and O–H groups in total. The highest BCUT2D eigenvalue weighted by Gasteiger charge is 2.30. The number of nitrogens with two attached hydrogens (primary N) is 1. The molecule has 5 nitrogen and oxygen atoms in total. The van der Waals surface area contributed by atoms with E-state index in [1.54, 1.807) is 0 Å². The number of amides is 1. The van der Waals surface area contributed by atoms with Crippen LogP contribution in [-0.2, 0) is 16.0 Å². The number of nitrogens with zero attached hydrogens (tertiary/aromatic N) is 1. The van der Waals surface area contributed by atoms with Crippen molar-refractivity contribution in [3.8, 4) is 11.1 Å². The number of hydrogen-bond donors (Lipinski definition) is 2. The number of carbonyl (C=O) groups is 1. The Balaban J connectivity index is 1.52. The summed E-state index contributed by atoms with van der Waals surface area (Å²) < 4.78 is 5.76. The average Bonchev–Trinajstić information content (AvgIpc) is 2.73. The molecule has 1 fully saturated rings. The molecule has 168 valence electrons. The fourth-order valence-electron chi connectivity index (χ4n) is 4.58. The molecule has 0 spiro atoms. The molecule has 0 radical (unpaired) electrons. The molecule has 1 unspecified atom stereocenters. The van der Waals surface area contributed by atoms with Crippen molar-refractivity contribution in [1.82, 2.24) is 10.3 Å². The molecule has 3 aromatic rings. The number of nitrogens with one attached hydrogen (secondary N) is 1. The Hall–Kier alpha value is -2.92. The van der Waals surface area contributed by atoms with E-state index in [4.69, 9.17) is 10.5 Å². The van der Waals surface area contributed by atoms with E-state index in [-0.39, 0.29) is 23.5 Å². The van der Waals surface area contributed by atoms with Gasteiger partial charge >= 0.3 is 0 Å². The summed E-state index contributed by atoms with van der Waals surface area (Å²) in [5, 5.41) is 4.24. The van der Waals surface area contributed by atoms with E-state index in [9.17, 15) is 4.79 Å². The topological polar surface area (TPSA) is 77.2 Å². The van der Waals surface area contributed by atoms with Gasteiger partial charge in [-0.2, -0.15) is 0 Å². The Morgan fingerprint density at radius 2 is 2.03 bits per heavy atom. The zero-order chi connectivity index (χ0) is 22.9. The van der Waals surface area contributed by atoms with Gasteiger partial charge in [0, 0.05) is 24.0 Å². The normalized spacial score (nSPS) is 18.9. The van der Waals surface area contributed by atoms with Crippen LogP contribution < -0.4 is 11.1 Å². The highest BCUT2D eigenvalue weighted by molar-refractivity contribution is 5.87. The maximum absolute atomic E-state index is 12.9. The van der Waals surface area contributed by atoms with E-state index in [1.807, 2.05) is 19.1 Å². The number of aryl methyl sites for hydroxylation is 1. The summed E-state index contributed by atoms with van der Waals surface area (Å²) in [7, 11) is 0. The maximum Gasteiger partial charge on any atom is 0.223 e. The number of hydrogen-bond acceptors (Lipinski definition) is 4. The van der Waals surface area contributed by atoms with Crippen molar-refractivity contribution in [2.45, 2.75) is 58.6 Å². The minimum Gasteiger partial charge on any atom is -0.383 e. The van der Waals surface area contributed by atoms with Crippen molar-refractivity contribution in [2.75, 3.05) is 12.3 Å². The van der Waals surface area contributed by atoms with Crippen LogP contribution >= 0.6 is 0 Å². The minimum atomic E-state index is -0.194. The second-order valence-corrected chi connectivity index (χ2v) is 9.67. The van der Waals surface area contributed by atoms with Crippen LogP contribution in [0, 0.1) is 12.8 Å². The van der Waals surface area contributed by atoms with Crippen LogP contribution in [0.4, 0.5) is 5.82 Å². The third-order valence-electron chi connectivity index (χ3n) is 6.40.